The summed E-state index contributed by atoms with van der Waals surface area (Å²) in [5.74, 6) is 1.61. The minimum absolute atomic E-state index is 0.0197. The molecule has 0 atom stereocenters. The summed E-state index contributed by atoms with van der Waals surface area (Å²) in [5.41, 5.74) is 2.15. The van der Waals surface area contributed by atoms with Gasteiger partial charge in [0.25, 0.3) is 5.69 Å². The average molecular weight is 387 g/mol. The van der Waals surface area contributed by atoms with E-state index in [4.69, 9.17) is 9.47 Å². The van der Waals surface area contributed by atoms with Crippen LogP contribution >= 0.6 is 11.8 Å². The summed E-state index contributed by atoms with van der Waals surface area (Å²) in [6.07, 6.45) is 0. The largest absolute Gasteiger partial charge is 0.493 e. The number of thioether (sulfide) groups is 1. The molecule has 2 aromatic carbocycles. The molecule has 0 aliphatic carbocycles. The number of hydrogen-bond acceptors (Lipinski definition) is 7. The number of methoxy groups -OCH3 is 2. The molecule has 27 heavy (non-hydrogen) atoms. The summed E-state index contributed by atoms with van der Waals surface area (Å²) in [6, 6.07) is 11.6. The van der Waals surface area contributed by atoms with Gasteiger partial charge in [-0.2, -0.15) is 5.10 Å². The van der Waals surface area contributed by atoms with Crippen LogP contribution in [0.2, 0.25) is 0 Å². The highest BCUT2D eigenvalue weighted by Gasteiger charge is 2.23. The number of hydrogen-bond donors (Lipinski definition) is 0. The van der Waals surface area contributed by atoms with Crippen LogP contribution in [0, 0.1) is 10.1 Å². The molecule has 1 aliphatic heterocycles. The second kappa shape index (κ2) is 8.09. The number of nitro groups is 1. The molecular formula is C18H17N3O5S. The third kappa shape index (κ3) is 4.20. The summed E-state index contributed by atoms with van der Waals surface area (Å²) < 4.78 is 10.6. The van der Waals surface area contributed by atoms with Crippen molar-refractivity contribution in [3.8, 4) is 11.5 Å². The lowest BCUT2D eigenvalue weighted by Crippen LogP contribution is -2.29. The Kier molecular flexibility index (Phi) is 5.60. The summed E-state index contributed by atoms with van der Waals surface area (Å²) >= 11 is 1.13. The van der Waals surface area contributed by atoms with Gasteiger partial charge in [-0.1, -0.05) is 23.9 Å². The molecule has 1 heterocycles. The molecule has 0 aromatic heterocycles. The third-order valence-corrected chi connectivity index (χ3v) is 4.83. The molecule has 0 saturated heterocycles. The molecule has 0 bridgehead atoms. The van der Waals surface area contributed by atoms with E-state index < -0.39 is 4.92 Å². The average Bonchev–Trinajstić information content (AvgIpc) is 2.69. The molecule has 0 fully saturated rings. The van der Waals surface area contributed by atoms with Crippen molar-refractivity contribution in [1.82, 2.24) is 5.01 Å². The van der Waals surface area contributed by atoms with E-state index in [-0.39, 0.29) is 17.5 Å². The highest BCUT2D eigenvalue weighted by atomic mass is 32.2. The molecule has 0 saturated carbocycles. The van der Waals surface area contributed by atoms with E-state index in [0.29, 0.717) is 28.5 Å². The number of hydrazone groups is 1. The summed E-state index contributed by atoms with van der Waals surface area (Å²) in [4.78, 5) is 22.7. The van der Waals surface area contributed by atoms with Gasteiger partial charge < -0.3 is 9.47 Å². The number of ether oxygens (including phenoxy) is 2. The van der Waals surface area contributed by atoms with E-state index in [0.717, 1.165) is 17.3 Å². The molecule has 9 heteroatoms. The first-order valence-electron chi connectivity index (χ1n) is 7.99. The molecule has 0 unspecified atom stereocenters. The lowest BCUT2D eigenvalue weighted by molar-refractivity contribution is -0.384. The molecule has 8 nitrogen and oxygen atoms in total. The monoisotopic (exact) mass is 387 g/mol. The van der Waals surface area contributed by atoms with Crippen LogP contribution in [0.5, 0.6) is 11.5 Å². The number of amides is 1. The van der Waals surface area contributed by atoms with Gasteiger partial charge in [-0.15, -0.1) is 0 Å². The smallest absolute Gasteiger partial charge is 0.302 e. The van der Waals surface area contributed by atoms with Crippen LogP contribution in [0.1, 0.15) is 11.1 Å². The van der Waals surface area contributed by atoms with Crippen molar-refractivity contribution < 1.29 is 19.2 Å². The van der Waals surface area contributed by atoms with Gasteiger partial charge >= 0.3 is 5.24 Å². The van der Waals surface area contributed by atoms with E-state index in [1.165, 1.54) is 17.1 Å². The normalized spacial score (nSPS) is 13.9. The Balaban J connectivity index is 1.87. The Morgan fingerprint density at radius 2 is 1.96 bits per heavy atom. The van der Waals surface area contributed by atoms with Crippen molar-refractivity contribution in [3.63, 3.8) is 0 Å². The Bertz CT molecular complexity index is 916. The first kappa shape index (κ1) is 18.7. The summed E-state index contributed by atoms with van der Waals surface area (Å²) in [5, 5.41) is 16.5. The molecule has 0 radical (unpaired) electrons. The summed E-state index contributed by atoms with van der Waals surface area (Å²) in [7, 11) is 3.11. The topological polar surface area (TPSA) is 94.3 Å². The van der Waals surface area contributed by atoms with Crippen LogP contribution in [0.4, 0.5) is 10.5 Å². The van der Waals surface area contributed by atoms with Gasteiger partial charge in [0, 0.05) is 23.4 Å². The van der Waals surface area contributed by atoms with Gasteiger partial charge in [-0.3, -0.25) is 14.9 Å². The van der Waals surface area contributed by atoms with E-state index in [1.54, 1.807) is 38.5 Å². The highest BCUT2D eigenvalue weighted by molar-refractivity contribution is 8.14. The Hall–Kier alpha value is -3.07. The van der Waals surface area contributed by atoms with Crippen molar-refractivity contribution in [2.75, 3.05) is 20.0 Å². The van der Waals surface area contributed by atoms with Crippen molar-refractivity contribution in [2.24, 2.45) is 5.10 Å². The van der Waals surface area contributed by atoms with Gasteiger partial charge in [-0.05, 0) is 23.8 Å². The zero-order valence-electron chi connectivity index (χ0n) is 14.7. The number of nitrogens with zero attached hydrogens (tertiary/aromatic N) is 3. The van der Waals surface area contributed by atoms with E-state index in [1.807, 2.05) is 6.07 Å². The minimum atomic E-state index is -0.464. The maximum absolute atomic E-state index is 12.2. The van der Waals surface area contributed by atoms with Gasteiger partial charge in [0.1, 0.15) is 0 Å². The number of carbonyl (C=O) groups excluding carboxylic acids is 1. The lowest BCUT2D eigenvalue weighted by Gasteiger charge is -2.23. The molecule has 1 amide bonds. The third-order valence-electron chi connectivity index (χ3n) is 3.96. The fourth-order valence-electron chi connectivity index (χ4n) is 2.62. The highest BCUT2D eigenvalue weighted by Crippen LogP contribution is 2.30. The molecule has 3 rings (SSSR count). The van der Waals surface area contributed by atoms with Crippen LogP contribution in [-0.2, 0) is 6.54 Å². The van der Waals surface area contributed by atoms with E-state index in [9.17, 15) is 14.9 Å². The van der Waals surface area contributed by atoms with Crippen LogP contribution in [0.3, 0.4) is 0 Å². The standard InChI is InChI=1S/C18H17N3O5S/c1-25-16-7-6-13(9-17(16)26-2)15-11-27-18(22)20(19-15)10-12-4-3-5-14(8-12)21(23)24/h3-9H,10-11H2,1-2H3. The Morgan fingerprint density at radius 1 is 1.19 bits per heavy atom. The zero-order chi connectivity index (χ0) is 19.4. The number of benzene rings is 2. The lowest BCUT2D eigenvalue weighted by atomic mass is 10.1. The molecule has 0 N–H and O–H groups in total. The van der Waals surface area contributed by atoms with Gasteiger partial charge in [-0.25, -0.2) is 5.01 Å². The second-order valence-electron chi connectivity index (χ2n) is 5.66. The Morgan fingerprint density at radius 3 is 2.67 bits per heavy atom. The molecule has 0 spiro atoms. The van der Waals surface area contributed by atoms with Crippen LogP contribution in [0.15, 0.2) is 47.6 Å². The summed E-state index contributed by atoms with van der Waals surface area (Å²) in [6.45, 7) is 0.157. The van der Waals surface area contributed by atoms with E-state index >= 15 is 0 Å². The molecular weight excluding hydrogens is 370 g/mol. The maximum atomic E-state index is 12.2. The quantitative estimate of drug-likeness (QED) is 0.554. The van der Waals surface area contributed by atoms with Gasteiger partial charge in [0.05, 0.1) is 31.4 Å². The fourth-order valence-corrected chi connectivity index (χ4v) is 3.36. The van der Waals surface area contributed by atoms with Crippen LogP contribution in [0.25, 0.3) is 0 Å². The maximum Gasteiger partial charge on any atom is 0.302 e. The molecule has 2 aromatic rings. The van der Waals surface area contributed by atoms with Gasteiger partial charge in [0.15, 0.2) is 11.5 Å². The van der Waals surface area contributed by atoms with Crippen LogP contribution < -0.4 is 9.47 Å². The number of carbonyl (C=O) groups is 1. The van der Waals surface area contributed by atoms with Crippen molar-refractivity contribution in [2.45, 2.75) is 6.54 Å². The number of rotatable bonds is 6. The molecule has 140 valence electrons. The predicted octanol–water partition coefficient (Wildman–Crippen LogP) is 3.69. The minimum Gasteiger partial charge on any atom is -0.493 e. The predicted molar refractivity (Wildman–Crippen MR) is 103 cm³/mol. The van der Waals surface area contributed by atoms with E-state index in [2.05, 4.69) is 5.10 Å². The van der Waals surface area contributed by atoms with Crippen molar-refractivity contribution >= 4 is 28.4 Å². The van der Waals surface area contributed by atoms with Crippen LogP contribution in [-0.4, -0.2) is 40.9 Å². The number of nitro benzene ring substituents is 1. The number of non-ortho nitro benzene ring substituents is 1. The first-order valence-corrected chi connectivity index (χ1v) is 8.98. The SMILES string of the molecule is COc1ccc(C2=NN(Cc3cccc([N+](=O)[O-])c3)C(=O)SC2)cc1OC. The first-order chi connectivity index (χ1) is 13.0. The molecule has 1 aliphatic rings. The second-order valence-corrected chi connectivity index (χ2v) is 6.58. The van der Waals surface area contributed by atoms with Gasteiger partial charge in [0.2, 0.25) is 0 Å². The fraction of sp³-hybridized carbons (Fsp3) is 0.222. The van der Waals surface area contributed by atoms with Crippen molar-refractivity contribution in [3.05, 3.63) is 63.7 Å². The van der Waals surface area contributed by atoms with Crippen molar-refractivity contribution in [1.29, 1.82) is 0 Å². The zero-order valence-corrected chi connectivity index (χ0v) is 15.6. The Labute approximate surface area is 159 Å².